The Hall–Kier alpha value is -1.82. The molecule has 0 fully saturated rings. The van der Waals surface area contributed by atoms with Crippen molar-refractivity contribution in [2.45, 2.75) is 4.90 Å². The number of hydrogen-bond acceptors (Lipinski definition) is 4. The summed E-state index contributed by atoms with van der Waals surface area (Å²) in [5, 5.41) is 1.61. The summed E-state index contributed by atoms with van der Waals surface area (Å²) in [4.78, 5) is 13.2. The zero-order valence-corrected chi connectivity index (χ0v) is 15.5. The minimum atomic E-state index is -0.442. The van der Waals surface area contributed by atoms with Gasteiger partial charge in [-0.05, 0) is 24.3 Å². The molecule has 0 saturated carbocycles. The molecule has 0 aliphatic rings. The van der Waals surface area contributed by atoms with Gasteiger partial charge in [-0.1, -0.05) is 41.9 Å². The normalized spacial score (nSPS) is 11.3. The molecule has 0 saturated heterocycles. The fourth-order valence-corrected chi connectivity index (χ4v) is 4.35. The van der Waals surface area contributed by atoms with E-state index >= 15 is 0 Å². The van der Waals surface area contributed by atoms with E-state index in [0.717, 1.165) is 15.0 Å². The van der Waals surface area contributed by atoms with Gasteiger partial charge in [0.05, 0.1) is 5.02 Å². The highest BCUT2D eigenvalue weighted by Crippen LogP contribution is 2.35. The van der Waals surface area contributed by atoms with E-state index in [-0.39, 0.29) is 12.4 Å². The van der Waals surface area contributed by atoms with E-state index in [2.05, 4.69) is 0 Å². The van der Waals surface area contributed by atoms with Gasteiger partial charge >= 0.3 is 5.97 Å². The second kappa shape index (κ2) is 8.52. The lowest BCUT2D eigenvalue weighted by Crippen LogP contribution is -2.04. The lowest BCUT2D eigenvalue weighted by molar-refractivity contribution is -0.137. The first-order valence-corrected chi connectivity index (χ1v) is 9.72. The van der Waals surface area contributed by atoms with Crippen molar-refractivity contribution < 1.29 is 13.9 Å². The summed E-state index contributed by atoms with van der Waals surface area (Å²) in [5.74, 6) is -0.217. The maximum Gasteiger partial charge on any atom is 0.330 e. The summed E-state index contributed by atoms with van der Waals surface area (Å²) in [6, 6.07) is 14.3. The number of fused-ring (bicyclic) bond motifs is 1. The molecule has 2 aromatic carbocycles. The van der Waals surface area contributed by atoms with Crippen molar-refractivity contribution in [2.75, 3.05) is 12.4 Å². The van der Waals surface area contributed by atoms with Crippen LogP contribution in [0.1, 0.15) is 4.88 Å². The topological polar surface area (TPSA) is 26.3 Å². The van der Waals surface area contributed by atoms with Crippen LogP contribution in [-0.2, 0) is 9.53 Å². The molecule has 2 nitrogen and oxygen atoms in total. The summed E-state index contributed by atoms with van der Waals surface area (Å²) in [5.41, 5.74) is 0. The molecule has 0 aliphatic heterocycles. The molecule has 1 aromatic heterocycles. The minimum Gasteiger partial charge on any atom is -0.462 e. The maximum atomic E-state index is 13.5. The molecule has 0 unspecified atom stereocenters. The Balaban J connectivity index is 1.51. The molecule has 0 atom stereocenters. The van der Waals surface area contributed by atoms with Gasteiger partial charge < -0.3 is 4.74 Å². The first-order valence-electron chi connectivity index (χ1n) is 7.54. The van der Waals surface area contributed by atoms with Crippen LogP contribution < -0.4 is 0 Å². The summed E-state index contributed by atoms with van der Waals surface area (Å²) >= 11 is 9.15. The standard InChI is InChI=1S/C19H14ClFO2S2/c20-19-13-5-1-3-7-15(13)25-17(19)9-10-18(22)23-11-12-24-16-8-4-2-6-14(16)21/h1-10H,11-12H2/b10-9+. The molecule has 1 heterocycles. The highest BCUT2D eigenvalue weighted by atomic mass is 35.5. The van der Waals surface area contributed by atoms with E-state index < -0.39 is 5.97 Å². The third kappa shape index (κ3) is 4.63. The predicted octanol–water partition coefficient (Wildman–Crippen LogP) is 6.04. The third-order valence-corrected chi connectivity index (χ3v) is 6.02. The molecule has 3 rings (SSSR count). The highest BCUT2D eigenvalue weighted by molar-refractivity contribution is 7.99. The second-order valence-corrected chi connectivity index (χ2v) is 7.65. The SMILES string of the molecule is O=C(/C=C/c1sc2ccccc2c1Cl)OCCSc1ccccc1F. The van der Waals surface area contributed by atoms with Crippen molar-refractivity contribution in [3.05, 3.63) is 70.3 Å². The quantitative estimate of drug-likeness (QED) is 0.221. The summed E-state index contributed by atoms with van der Waals surface area (Å²) in [6.45, 7) is 0.211. The average Bonchev–Trinajstić information content (AvgIpc) is 2.95. The molecular formula is C19H14ClFO2S2. The lowest BCUT2D eigenvalue weighted by Gasteiger charge is -2.03. The monoisotopic (exact) mass is 392 g/mol. The summed E-state index contributed by atoms with van der Waals surface area (Å²) < 4.78 is 19.7. The molecule has 0 bridgehead atoms. The Labute approximate surface area is 158 Å². The lowest BCUT2D eigenvalue weighted by atomic mass is 10.2. The Morgan fingerprint density at radius 2 is 1.96 bits per heavy atom. The van der Waals surface area contributed by atoms with Gasteiger partial charge in [-0.25, -0.2) is 9.18 Å². The van der Waals surface area contributed by atoms with E-state index in [0.29, 0.717) is 15.7 Å². The van der Waals surface area contributed by atoms with Crippen molar-refractivity contribution in [3.8, 4) is 0 Å². The Morgan fingerprint density at radius 1 is 1.20 bits per heavy atom. The molecule has 0 aliphatic carbocycles. The Bertz CT molecular complexity index is 921. The van der Waals surface area contributed by atoms with Crippen LogP contribution in [0.5, 0.6) is 0 Å². The van der Waals surface area contributed by atoms with Crippen LogP contribution in [0.25, 0.3) is 16.2 Å². The number of hydrogen-bond donors (Lipinski definition) is 0. The number of carbonyl (C=O) groups excluding carboxylic acids is 1. The van der Waals surface area contributed by atoms with Crippen LogP contribution in [0.2, 0.25) is 5.02 Å². The van der Waals surface area contributed by atoms with Gasteiger partial charge in [0.2, 0.25) is 0 Å². The molecule has 3 aromatic rings. The van der Waals surface area contributed by atoms with E-state index in [4.69, 9.17) is 16.3 Å². The maximum absolute atomic E-state index is 13.5. The van der Waals surface area contributed by atoms with Crippen molar-refractivity contribution in [1.29, 1.82) is 0 Å². The van der Waals surface area contributed by atoms with Crippen LogP contribution in [0, 0.1) is 5.82 Å². The van der Waals surface area contributed by atoms with Gasteiger partial charge in [-0.3, -0.25) is 0 Å². The van der Waals surface area contributed by atoms with E-state index in [1.54, 1.807) is 24.3 Å². The zero-order valence-electron chi connectivity index (χ0n) is 13.1. The molecular weight excluding hydrogens is 379 g/mol. The third-order valence-electron chi connectivity index (χ3n) is 3.35. The Morgan fingerprint density at radius 3 is 2.76 bits per heavy atom. The molecule has 0 radical (unpaired) electrons. The Kier molecular flexibility index (Phi) is 6.13. The molecule has 0 N–H and O–H groups in total. The summed E-state index contributed by atoms with van der Waals surface area (Å²) in [6.07, 6.45) is 3.03. The van der Waals surface area contributed by atoms with Crippen molar-refractivity contribution in [2.24, 2.45) is 0 Å². The number of benzene rings is 2. The van der Waals surface area contributed by atoms with Gasteiger partial charge in [0.25, 0.3) is 0 Å². The van der Waals surface area contributed by atoms with E-state index in [1.165, 1.54) is 35.2 Å². The largest absolute Gasteiger partial charge is 0.462 e. The van der Waals surface area contributed by atoms with Crippen molar-refractivity contribution in [1.82, 2.24) is 0 Å². The number of ether oxygens (including phenoxy) is 1. The van der Waals surface area contributed by atoms with Gasteiger partial charge in [-0.2, -0.15) is 0 Å². The molecule has 0 amide bonds. The molecule has 0 spiro atoms. The fourth-order valence-electron chi connectivity index (χ4n) is 2.19. The molecule has 128 valence electrons. The smallest absolute Gasteiger partial charge is 0.330 e. The van der Waals surface area contributed by atoms with Crippen LogP contribution >= 0.6 is 34.7 Å². The second-order valence-electron chi connectivity index (χ2n) is 5.06. The van der Waals surface area contributed by atoms with Crippen LogP contribution in [0.3, 0.4) is 0 Å². The number of carbonyl (C=O) groups is 1. The van der Waals surface area contributed by atoms with Crippen LogP contribution in [-0.4, -0.2) is 18.3 Å². The van der Waals surface area contributed by atoms with Crippen LogP contribution in [0.4, 0.5) is 4.39 Å². The minimum absolute atomic E-state index is 0.211. The number of rotatable bonds is 6. The average molecular weight is 393 g/mol. The van der Waals surface area contributed by atoms with Gasteiger partial charge in [0, 0.05) is 31.7 Å². The summed E-state index contributed by atoms with van der Waals surface area (Å²) in [7, 11) is 0. The first-order chi connectivity index (χ1) is 12.1. The van der Waals surface area contributed by atoms with Gasteiger partial charge in [-0.15, -0.1) is 23.1 Å². The highest BCUT2D eigenvalue weighted by Gasteiger charge is 2.08. The van der Waals surface area contributed by atoms with E-state index in [9.17, 15) is 9.18 Å². The van der Waals surface area contributed by atoms with Gasteiger partial charge in [0.1, 0.15) is 12.4 Å². The van der Waals surface area contributed by atoms with Gasteiger partial charge in [0.15, 0.2) is 0 Å². The first kappa shape index (κ1) is 18.0. The molecule has 25 heavy (non-hydrogen) atoms. The predicted molar refractivity (Wildman–Crippen MR) is 104 cm³/mol. The van der Waals surface area contributed by atoms with Crippen molar-refractivity contribution in [3.63, 3.8) is 0 Å². The number of thiophene rings is 1. The number of halogens is 2. The number of esters is 1. The number of thioether (sulfide) groups is 1. The van der Waals surface area contributed by atoms with E-state index in [1.807, 2.05) is 24.3 Å². The van der Waals surface area contributed by atoms with Crippen molar-refractivity contribution >= 4 is 56.8 Å². The zero-order chi connectivity index (χ0) is 17.6. The van der Waals surface area contributed by atoms with Crippen LogP contribution in [0.15, 0.2) is 59.5 Å². The molecule has 6 heteroatoms. The fraction of sp³-hybridized carbons (Fsp3) is 0.105.